The number of rotatable bonds is 4. The molecule has 0 aromatic heterocycles. The largest absolute Gasteiger partial charge is 0.330 e. The summed E-state index contributed by atoms with van der Waals surface area (Å²) in [4.78, 5) is 2.10. The SMILES string of the molecule is CN(C)Cc1cccc(C2(CN)CCC(F)(F)CC2)c1. The van der Waals surface area contributed by atoms with Gasteiger partial charge in [-0.15, -0.1) is 0 Å². The molecule has 1 fully saturated rings. The van der Waals surface area contributed by atoms with Gasteiger partial charge >= 0.3 is 0 Å². The second-order valence-electron chi connectivity index (χ2n) is 6.28. The lowest BCUT2D eigenvalue weighted by Gasteiger charge is -2.40. The lowest BCUT2D eigenvalue weighted by atomic mass is 9.68. The molecule has 2 rings (SSSR count). The van der Waals surface area contributed by atoms with Crippen molar-refractivity contribution in [3.8, 4) is 0 Å². The number of benzene rings is 1. The lowest BCUT2D eigenvalue weighted by molar-refractivity contribution is -0.0509. The topological polar surface area (TPSA) is 29.3 Å². The normalized spacial score (nSPS) is 21.1. The summed E-state index contributed by atoms with van der Waals surface area (Å²) in [5, 5.41) is 0. The highest BCUT2D eigenvalue weighted by Gasteiger charge is 2.43. The van der Waals surface area contributed by atoms with Crippen molar-refractivity contribution in [3.05, 3.63) is 35.4 Å². The Balaban J connectivity index is 2.23. The standard InChI is InChI=1S/C16H24F2N2/c1-20(2)11-13-4-3-5-14(10-13)15(12-19)6-8-16(17,18)9-7-15/h3-5,10H,6-9,11-12,19H2,1-2H3. The van der Waals surface area contributed by atoms with Crippen LogP contribution in [-0.4, -0.2) is 31.5 Å². The van der Waals surface area contributed by atoms with Crippen LogP contribution in [0.3, 0.4) is 0 Å². The van der Waals surface area contributed by atoms with Crippen LogP contribution in [-0.2, 0) is 12.0 Å². The van der Waals surface area contributed by atoms with Crippen LogP contribution >= 0.6 is 0 Å². The molecule has 0 radical (unpaired) electrons. The van der Waals surface area contributed by atoms with E-state index in [-0.39, 0.29) is 18.3 Å². The molecule has 0 saturated heterocycles. The Morgan fingerprint density at radius 3 is 2.35 bits per heavy atom. The minimum atomic E-state index is -2.51. The summed E-state index contributed by atoms with van der Waals surface area (Å²) in [7, 11) is 4.04. The van der Waals surface area contributed by atoms with Crippen LogP contribution in [0.5, 0.6) is 0 Å². The van der Waals surface area contributed by atoms with Crippen molar-refractivity contribution in [2.75, 3.05) is 20.6 Å². The zero-order chi connectivity index (χ0) is 14.8. The zero-order valence-electron chi connectivity index (χ0n) is 12.3. The minimum absolute atomic E-state index is 0.0535. The first-order chi connectivity index (χ1) is 9.37. The number of hydrogen-bond donors (Lipinski definition) is 1. The highest BCUT2D eigenvalue weighted by molar-refractivity contribution is 5.31. The molecule has 0 spiro atoms. The van der Waals surface area contributed by atoms with Gasteiger partial charge in [0.25, 0.3) is 0 Å². The van der Waals surface area contributed by atoms with Crippen molar-refractivity contribution in [1.29, 1.82) is 0 Å². The van der Waals surface area contributed by atoms with Crippen molar-refractivity contribution in [2.45, 2.75) is 43.6 Å². The van der Waals surface area contributed by atoms with Gasteiger partial charge in [0.2, 0.25) is 5.92 Å². The Hall–Kier alpha value is -1.00. The third kappa shape index (κ3) is 3.36. The Bertz CT molecular complexity index is 448. The molecule has 112 valence electrons. The summed E-state index contributed by atoms with van der Waals surface area (Å²) in [5.74, 6) is -2.51. The maximum absolute atomic E-state index is 13.4. The number of hydrogen-bond acceptors (Lipinski definition) is 2. The molecule has 1 saturated carbocycles. The molecule has 4 heteroatoms. The summed E-state index contributed by atoms with van der Waals surface area (Å²) >= 11 is 0. The summed E-state index contributed by atoms with van der Waals surface area (Å²) in [5.41, 5.74) is 8.01. The second kappa shape index (κ2) is 5.78. The van der Waals surface area contributed by atoms with E-state index in [0.717, 1.165) is 12.1 Å². The molecule has 0 amide bonds. The van der Waals surface area contributed by atoms with Crippen molar-refractivity contribution < 1.29 is 8.78 Å². The van der Waals surface area contributed by atoms with Crippen LogP contribution in [0.2, 0.25) is 0 Å². The number of nitrogens with zero attached hydrogens (tertiary/aromatic N) is 1. The van der Waals surface area contributed by atoms with Gasteiger partial charge in [0.15, 0.2) is 0 Å². The molecule has 2 nitrogen and oxygen atoms in total. The molecular weight excluding hydrogens is 258 g/mol. The maximum Gasteiger partial charge on any atom is 0.248 e. The van der Waals surface area contributed by atoms with Crippen molar-refractivity contribution in [2.24, 2.45) is 5.73 Å². The van der Waals surface area contributed by atoms with Crippen molar-refractivity contribution >= 4 is 0 Å². The lowest BCUT2D eigenvalue weighted by Crippen LogP contribution is -2.42. The first-order valence-electron chi connectivity index (χ1n) is 7.19. The van der Waals surface area contributed by atoms with E-state index in [0.29, 0.717) is 19.4 Å². The van der Waals surface area contributed by atoms with Gasteiger partial charge in [0, 0.05) is 31.3 Å². The molecule has 0 bridgehead atoms. The summed E-state index contributed by atoms with van der Waals surface area (Å²) in [6.07, 6.45) is 0.841. The Kier molecular flexibility index (Phi) is 4.45. The van der Waals surface area contributed by atoms with Crippen LogP contribution in [0.25, 0.3) is 0 Å². The molecule has 1 aliphatic carbocycles. The third-order valence-electron chi connectivity index (χ3n) is 4.37. The van der Waals surface area contributed by atoms with E-state index < -0.39 is 5.92 Å². The van der Waals surface area contributed by atoms with Gasteiger partial charge in [-0.1, -0.05) is 24.3 Å². The molecule has 0 aliphatic heterocycles. The van der Waals surface area contributed by atoms with Crippen LogP contribution in [0.1, 0.15) is 36.8 Å². The van der Waals surface area contributed by atoms with E-state index in [1.54, 1.807) is 0 Å². The molecule has 1 aliphatic rings. The fourth-order valence-electron chi connectivity index (χ4n) is 3.07. The molecule has 0 atom stereocenters. The highest BCUT2D eigenvalue weighted by Crippen LogP contribution is 2.44. The first-order valence-corrected chi connectivity index (χ1v) is 7.19. The average molecular weight is 282 g/mol. The fourth-order valence-corrected chi connectivity index (χ4v) is 3.07. The van der Waals surface area contributed by atoms with Crippen molar-refractivity contribution in [3.63, 3.8) is 0 Å². The monoisotopic (exact) mass is 282 g/mol. The summed E-state index contributed by atoms with van der Waals surface area (Å²) < 4.78 is 26.8. The molecule has 1 aromatic rings. The van der Waals surface area contributed by atoms with Gasteiger partial charge in [-0.25, -0.2) is 8.78 Å². The van der Waals surface area contributed by atoms with Gasteiger partial charge in [0.1, 0.15) is 0 Å². The number of nitrogens with two attached hydrogens (primary N) is 1. The molecule has 0 unspecified atom stereocenters. The van der Waals surface area contributed by atoms with Gasteiger partial charge < -0.3 is 10.6 Å². The maximum atomic E-state index is 13.4. The molecule has 2 N–H and O–H groups in total. The van der Waals surface area contributed by atoms with E-state index in [2.05, 4.69) is 17.0 Å². The van der Waals surface area contributed by atoms with E-state index in [9.17, 15) is 8.78 Å². The molecular formula is C16H24F2N2. The quantitative estimate of drug-likeness (QED) is 0.919. The second-order valence-corrected chi connectivity index (χ2v) is 6.28. The Labute approximate surface area is 120 Å². The Morgan fingerprint density at radius 2 is 1.80 bits per heavy atom. The number of halogens is 2. The van der Waals surface area contributed by atoms with Crippen LogP contribution in [0.15, 0.2) is 24.3 Å². The van der Waals surface area contributed by atoms with Gasteiger partial charge in [-0.05, 0) is 38.1 Å². The molecule has 20 heavy (non-hydrogen) atoms. The Morgan fingerprint density at radius 1 is 1.15 bits per heavy atom. The van der Waals surface area contributed by atoms with Crippen LogP contribution in [0.4, 0.5) is 8.78 Å². The number of alkyl halides is 2. The first kappa shape index (κ1) is 15.4. The predicted molar refractivity (Wildman–Crippen MR) is 78.0 cm³/mol. The van der Waals surface area contributed by atoms with E-state index in [1.165, 1.54) is 5.56 Å². The van der Waals surface area contributed by atoms with Gasteiger partial charge in [0.05, 0.1) is 0 Å². The smallest absolute Gasteiger partial charge is 0.248 e. The van der Waals surface area contributed by atoms with E-state index in [4.69, 9.17) is 5.73 Å². The van der Waals surface area contributed by atoms with E-state index in [1.807, 2.05) is 26.2 Å². The predicted octanol–water partition coefficient (Wildman–Crippen LogP) is 3.15. The minimum Gasteiger partial charge on any atom is -0.330 e. The zero-order valence-corrected chi connectivity index (χ0v) is 12.3. The summed E-state index contributed by atoms with van der Waals surface area (Å²) in [6.45, 7) is 1.29. The van der Waals surface area contributed by atoms with Gasteiger partial charge in [-0.2, -0.15) is 0 Å². The van der Waals surface area contributed by atoms with Crippen LogP contribution < -0.4 is 5.73 Å². The summed E-state index contributed by atoms with van der Waals surface area (Å²) in [6, 6.07) is 8.26. The average Bonchev–Trinajstić information content (AvgIpc) is 2.39. The highest BCUT2D eigenvalue weighted by atomic mass is 19.3. The van der Waals surface area contributed by atoms with Crippen molar-refractivity contribution in [1.82, 2.24) is 4.90 Å². The van der Waals surface area contributed by atoms with E-state index >= 15 is 0 Å². The molecule has 0 heterocycles. The van der Waals surface area contributed by atoms with Gasteiger partial charge in [-0.3, -0.25) is 0 Å². The molecule has 1 aromatic carbocycles. The van der Waals surface area contributed by atoms with Crippen LogP contribution in [0, 0.1) is 0 Å². The fraction of sp³-hybridized carbons (Fsp3) is 0.625. The third-order valence-corrected chi connectivity index (χ3v) is 4.37.